The molecule has 1 aliphatic heterocycles. The van der Waals surface area contributed by atoms with Crippen molar-refractivity contribution in [3.63, 3.8) is 0 Å². The maximum Gasteiger partial charge on any atom is 0.162 e. The number of amidine groups is 1. The van der Waals surface area contributed by atoms with Gasteiger partial charge in [0.25, 0.3) is 0 Å². The van der Waals surface area contributed by atoms with Crippen LogP contribution in [-0.4, -0.2) is 16.1 Å². The van der Waals surface area contributed by atoms with Crippen molar-refractivity contribution in [3.8, 4) is 33.4 Å². The van der Waals surface area contributed by atoms with E-state index in [0.717, 1.165) is 113 Å². The SMILES string of the molecule is C/C1=C(/n2c3ccccc3c3cc(-c4ccccc4)ccc32)N=C(c2cccc3oc4ccc(-c5ccc(-c6cccc7oc8ccccc8c67)cc5)cc4c23)N=C(c2ccccc2)CC1. The highest BCUT2D eigenvalue weighted by atomic mass is 16.3. The Morgan fingerprint density at radius 2 is 0.924 bits per heavy atom. The summed E-state index contributed by atoms with van der Waals surface area (Å²) in [5, 5.41) is 6.65. The van der Waals surface area contributed by atoms with Gasteiger partial charge in [-0.1, -0.05) is 158 Å². The molecule has 5 nitrogen and oxygen atoms in total. The van der Waals surface area contributed by atoms with Gasteiger partial charge in [0.05, 0.1) is 16.7 Å². The molecule has 66 heavy (non-hydrogen) atoms. The second-order valence-corrected chi connectivity index (χ2v) is 17.3. The molecule has 312 valence electrons. The first-order chi connectivity index (χ1) is 32.6. The van der Waals surface area contributed by atoms with Crippen LogP contribution in [0.2, 0.25) is 0 Å². The average Bonchev–Trinajstić information content (AvgIpc) is 4.05. The molecule has 0 aliphatic carbocycles. The first-order valence-electron chi connectivity index (χ1n) is 22.6. The van der Waals surface area contributed by atoms with Crippen LogP contribution in [-0.2, 0) is 0 Å². The van der Waals surface area contributed by atoms with Crippen molar-refractivity contribution in [1.29, 1.82) is 0 Å². The quantitative estimate of drug-likeness (QED) is 0.167. The molecule has 0 saturated carbocycles. The fourth-order valence-corrected chi connectivity index (χ4v) is 10.1. The third-order valence-corrected chi connectivity index (χ3v) is 13.3. The van der Waals surface area contributed by atoms with Crippen LogP contribution >= 0.6 is 0 Å². The molecule has 4 heterocycles. The van der Waals surface area contributed by atoms with E-state index in [9.17, 15) is 0 Å². The molecule has 0 N–H and O–H groups in total. The van der Waals surface area contributed by atoms with Crippen molar-refractivity contribution in [2.75, 3.05) is 0 Å². The average molecular weight is 848 g/mol. The third kappa shape index (κ3) is 6.23. The number of hydrogen-bond acceptors (Lipinski definition) is 4. The van der Waals surface area contributed by atoms with E-state index in [0.29, 0.717) is 5.84 Å². The van der Waals surface area contributed by atoms with Gasteiger partial charge in [0.15, 0.2) is 5.84 Å². The monoisotopic (exact) mass is 847 g/mol. The van der Waals surface area contributed by atoms with Gasteiger partial charge in [-0.15, -0.1) is 0 Å². The van der Waals surface area contributed by atoms with Crippen LogP contribution in [0.5, 0.6) is 0 Å². The summed E-state index contributed by atoms with van der Waals surface area (Å²) in [6.07, 6.45) is 1.58. The summed E-state index contributed by atoms with van der Waals surface area (Å²) in [5.41, 5.74) is 16.7. The Hall–Kier alpha value is -8.54. The fraction of sp³-hybridized carbons (Fsp3) is 0.0492. The smallest absolute Gasteiger partial charge is 0.162 e. The summed E-state index contributed by atoms with van der Waals surface area (Å²) in [4.78, 5) is 11.2. The van der Waals surface area contributed by atoms with E-state index in [-0.39, 0.29) is 0 Å². The number of rotatable bonds is 6. The molecule has 0 unspecified atom stereocenters. The van der Waals surface area contributed by atoms with Crippen molar-refractivity contribution < 1.29 is 8.83 Å². The van der Waals surface area contributed by atoms with Crippen molar-refractivity contribution >= 4 is 83.1 Å². The van der Waals surface area contributed by atoms with Crippen molar-refractivity contribution in [1.82, 2.24) is 4.57 Å². The summed E-state index contributed by atoms with van der Waals surface area (Å²) in [7, 11) is 0. The maximum atomic E-state index is 6.64. The van der Waals surface area contributed by atoms with Gasteiger partial charge < -0.3 is 8.83 Å². The molecular formula is C61H41N3O2. The van der Waals surface area contributed by atoms with Gasteiger partial charge in [-0.3, -0.25) is 4.57 Å². The molecule has 0 spiro atoms. The topological polar surface area (TPSA) is 55.9 Å². The summed E-state index contributed by atoms with van der Waals surface area (Å²) in [6, 6.07) is 72.8. The standard InChI is InChI=1S/C61H41N3O2/c1-38-26-33-51(42-16-6-3-7-17-42)62-60(63-61(38)64-52-22-10-8-18-46(52)49-36-43(31-34-53(49)64)39-14-4-2-5-15-39)48-21-13-25-57-59(48)50-37-44(32-35-55(50)66-57)40-27-29-41(30-28-40)45-20-12-24-56-58(45)47-19-9-11-23-54(47)65-56/h2-25,27-32,34-37H,26,33H2,1H3/b61-38-,62-51?,63-60?. The molecule has 0 atom stereocenters. The van der Waals surface area contributed by atoms with Crippen LogP contribution in [0.3, 0.4) is 0 Å². The summed E-state index contributed by atoms with van der Waals surface area (Å²) < 4.78 is 15.2. The molecule has 0 amide bonds. The van der Waals surface area contributed by atoms with Crippen LogP contribution in [0, 0.1) is 0 Å². The zero-order valence-electron chi connectivity index (χ0n) is 36.2. The summed E-state index contributed by atoms with van der Waals surface area (Å²) in [6.45, 7) is 2.23. The lowest BCUT2D eigenvalue weighted by Gasteiger charge is -2.18. The molecular weight excluding hydrogens is 807 g/mol. The number of fused-ring (bicyclic) bond motifs is 9. The first-order valence-corrected chi connectivity index (χ1v) is 22.6. The minimum atomic E-state index is 0.652. The zero-order chi connectivity index (χ0) is 43.7. The molecule has 13 rings (SSSR count). The Kier molecular flexibility index (Phi) is 8.81. The lowest BCUT2D eigenvalue weighted by atomic mass is 9.96. The summed E-state index contributed by atoms with van der Waals surface area (Å²) in [5.74, 6) is 1.54. The number of furan rings is 2. The van der Waals surface area contributed by atoms with Crippen molar-refractivity contribution in [3.05, 3.63) is 223 Å². The van der Waals surface area contributed by atoms with Gasteiger partial charge in [0, 0.05) is 37.9 Å². The Morgan fingerprint density at radius 3 is 1.70 bits per heavy atom. The van der Waals surface area contributed by atoms with Crippen LogP contribution in [0.1, 0.15) is 30.9 Å². The Bertz CT molecular complexity index is 3980. The van der Waals surface area contributed by atoms with Gasteiger partial charge >= 0.3 is 0 Å². The highest BCUT2D eigenvalue weighted by Crippen LogP contribution is 2.41. The van der Waals surface area contributed by atoms with E-state index in [2.05, 4.69) is 200 Å². The highest BCUT2D eigenvalue weighted by Gasteiger charge is 2.23. The Balaban J connectivity index is 0.976. The van der Waals surface area contributed by atoms with E-state index in [1.165, 1.54) is 27.5 Å². The number of benzene rings is 9. The predicted molar refractivity (Wildman–Crippen MR) is 274 cm³/mol. The number of para-hydroxylation sites is 2. The van der Waals surface area contributed by atoms with E-state index in [1.807, 2.05) is 18.2 Å². The van der Waals surface area contributed by atoms with Crippen LogP contribution in [0.25, 0.3) is 105 Å². The van der Waals surface area contributed by atoms with Crippen LogP contribution < -0.4 is 0 Å². The lowest BCUT2D eigenvalue weighted by molar-refractivity contribution is 0.668. The van der Waals surface area contributed by atoms with Crippen LogP contribution in [0.15, 0.2) is 231 Å². The molecule has 12 aromatic rings. The minimum Gasteiger partial charge on any atom is -0.456 e. The molecule has 0 fully saturated rings. The number of aromatic nitrogens is 1. The molecule has 5 heteroatoms. The number of nitrogens with zero attached hydrogens (tertiary/aromatic N) is 3. The lowest BCUT2D eigenvalue weighted by Crippen LogP contribution is -2.12. The number of allylic oxidation sites excluding steroid dienone is 1. The molecule has 0 radical (unpaired) electrons. The van der Waals surface area contributed by atoms with Gasteiger partial charge in [0.1, 0.15) is 28.2 Å². The first kappa shape index (κ1) is 38.0. The Morgan fingerprint density at radius 1 is 0.379 bits per heavy atom. The van der Waals surface area contributed by atoms with E-state index in [1.54, 1.807) is 0 Å². The molecule has 3 aromatic heterocycles. The van der Waals surface area contributed by atoms with E-state index < -0.39 is 0 Å². The Labute approximate surface area is 380 Å². The van der Waals surface area contributed by atoms with E-state index in [4.69, 9.17) is 18.8 Å². The molecule has 9 aromatic carbocycles. The van der Waals surface area contributed by atoms with Gasteiger partial charge in [0.2, 0.25) is 0 Å². The second-order valence-electron chi connectivity index (χ2n) is 17.3. The second kappa shape index (κ2) is 15.3. The molecule has 0 saturated heterocycles. The normalized spacial score (nSPS) is 14.6. The highest BCUT2D eigenvalue weighted by molar-refractivity contribution is 6.23. The van der Waals surface area contributed by atoms with Gasteiger partial charge in [-0.05, 0) is 113 Å². The third-order valence-electron chi connectivity index (χ3n) is 13.3. The summed E-state index contributed by atoms with van der Waals surface area (Å²) >= 11 is 0. The van der Waals surface area contributed by atoms with Crippen molar-refractivity contribution in [2.45, 2.75) is 19.8 Å². The van der Waals surface area contributed by atoms with Crippen LogP contribution in [0.4, 0.5) is 0 Å². The predicted octanol–water partition coefficient (Wildman–Crippen LogP) is 16.5. The van der Waals surface area contributed by atoms with Gasteiger partial charge in [-0.2, -0.15) is 0 Å². The maximum absolute atomic E-state index is 6.64. The molecule has 1 aliphatic rings. The molecule has 0 bridgehead atoms. The zero-order valence-corrected chi connectivity index (χ0v) is 36.2. The minimum absolute atomic E-state index is 0.652. The number of hydrogen-bond donors (Lipinski definition) is 0. The van der Waals surface area contributed by atoms with Gasteiger partial charge in [-0.25, -0.2) is 9.98 Å². The van der Waals surface area contributed by atoms with E-state index >= 15 is 0 Å². The largest absolute Gasteiger partial charge is 0.456 e. The fourth-order valence-electron chi connectivity index (χ4n) is 10.1. The number of aliphatic imine (C=N–C) groups is 2. The van der Waals surface area contributed by atoms with Crippen molar-refractivity contribution in [2.24, 2.45) is 9.98 Å².